The third kappa shape index (κ3) is 3.02. The van der Waals surface area contributed by atoms with Crippen molar-refractivity contribution in [1.82, 2.24) is 0 Å². The predicted octanol–water partition coefficient (Wildman–Crippen LogP) is 1.80. The number of carboxylic acid groups (broad SMARTS) is 1. The van der Waals surface area contributed by atoms with Gasteiger partial charge in [-0.2, -0.15) is 0 Å². The van der Waals surface area contributed by atoms with Crippen molar-refractivity contribution in [2.75, 3.05) is 0 Å². The van der Waals surface area contributed by atoms with Crippen LogP contribution in [0, 0.1) is 12.7 Å². The summed E-state index contributed by atoms with van der Waals surface area (Å²) >= 11 is 0. The van der Waals surface area contributed by atoms with Crippen LogP contribution < -0.4 is 0 Å². The summed E-state index contributed by atoms with van der Waals surface area (Å²) in [6, 6.07) is 4.26. The third-order valence-electron chi connectivity index (χ3n) is 1.82. The van der Waals surface area contributed by atoms with Crippen molar-refractivity contribution in [1.29, 1.82) is 0 Å². The van der Waals surface area contributed by atoms with Crippen molar-refractivity contribution in [3.05, 3.63) is 41.2 Å². The number of carboxylic acids is 1. The molecule has 0 unspecified atom stereocenters. The molecular formula is C11H9FO3. The molecule has 1 N–H and O–H groups in total. The smallest absolute Gasteiger partial charge is 0.376 e. The van der Waals surface area contributed by atoms with E-state index in [9.17, 15) is 14.0 Å². The Balaban J connectivity index is 2.86. The van der Waals surface area contributed by atoms with Gasteiger partial charge in [0.2, 0.25) is 0 Å². The molecule has 0 aliphatic heterocycles. The van der Waals surface area contributed by atoms with Gasteiger partial charge in [0.15, 0.2) is 0 Å². The number of rotatable bonds is 3. The Hall–Kier alpha value is -1.97. The first kappa shape index (κ1) is 11.1. The summed E-state index contributed by atoms with van der Waals surface area (Å²) in [6.07, 6.45) is 2.28. The van der Waals surface area contributed by atoms with Crippen molar-refractivity contribution in [2.24, 2.45) is 0 Å². The molecule has 0 heterocycles. The molecule has 0 radical (unpaired) electrons. The van der Waals surface area contributed by atoms with Crippen molar-refractivity contribution in [2.45, 2.75) is 6.92 Å². The second kappa shape index (κ2) is 4.50. The van der Waals surface area contributed by atoms with Gasteiger partial charge in [-0.3, -0.25) is 4.79 Å². The molecular weight excluding hydrogens is 199 g/mol. The first-order valence-electron chi connectivity index (χ1n) is 4.22. The summed E-state index contributed by atoms with van der Waals surface area (Å²) in [6.45, 7) is 1.59. The van der Waals surface area contributed by atoms with Gasteiger partial charge in [-0.05, 0) is 36.3 Å². The van der Waals surface area contributed by atoms with Gasteiger partial charge in [0.25, 0.3) is 5.78 Å². The molecule has 3 nitrogen and oxygen atoms in total. The van der Waals surface area contributed by atoms with E-state index < -0.39 is 11.8 Å². The van der Waals surface area contributed by atoms with Crippen LogP contribution in [0.5, 0.6) is 0 Å². The van der Waals surface area contributed by atoms with Crippen LogP contribution in [-0.4, -0.2) is 16.9 Å². The van der Waals surface area contributed by atoms with Crippen molar-refractivity contribution < 1.29 is 19.1 Å². The lowest BCUT2D eigenvalue weighted by molar-refractivity contribution is -0.146. The molecule has 15 heavy (non-hydrogen) atoms. The van der Waals surface area contributed by atoms with Gasteiger partial charge >= 0.3 is 5.97 Å². The summed E-state index contributed by atoms with van der Waals surface area (Å²) < 4.78 is 12.8. The highest BCUT2D eigenvalue weighted by Crippen LogP contribution is 2.10. The van der Waals surface area contributed by atoms with Gasteiger partial charge in [0, 0.05) is 0 Å². The standard InChI is InChI=1S/C11H9FO3/c1-7-6-8(2-4-9(7)12)3-5-10(13)11(14)15/h2-6H,1H3,(H,14,15). The third-order valence-corrected chi connectivity index (χ3v) is 1.82. The first-order chi connectivity index (χ1) is 7.00. The molecule has 0 aliphatic carbocycles. The molecule has 0 atom stereocenters. The molecule has 0 amide bonds. The Morgan fingerprint density at radius 2 is 2.07 bits per heavy atom. The van der Waals surface area contributed by atoms with Gasteiger partial charge in [0.05, 0.1) is 0 Å². The van der Waals surface area contributed by atoms with Crippen molar-refractivity contribution in [3.63, 3.8) is 0 Å². The number of halogens is 1. The predicted molar refractivity (Wildman–Crippen MR) is 52.8 cm³/mol. The maximum atomic E-state index is 12.8. The maximum Gasteiger partial charge on any atom is 0.376 e. The number of ketones is 1. The fraction of sp³-hybridized carbons (Fsp3) is 0.0909. The van der Waals surface area contributed by atoms with Crippen LogP contribution in [0.4, 0.5) is 4.39 Å². The van der Waals surface area contributed by atoms with E-state index in [0.29, 0.717) is 11.1 Å². The van der Waals surface area contributed by atoms with E-state index in [2.05, 4.69) is 0 Å². The lowest BCUT2D eigenvalue weighted by Gasteiger charge is -1.97. The highest BCUT2D eigenvalue weighted by molar-refractivity contribution is 6.38. The molecule has 0 saturated heterocycles. The van der Waals surface area contributed by atoms with Gasteiger partial charge in [-0.1, -0.05) is 12.1 Å². The van der Waals surface area contributed by atoms with E-state index in [1.54, 1.807) is 6.92 Å². The molecule has 0 bridgehead atoms. The van der Waals surface area contributed by atoms with Crippen molar-refractivity contribution in [3.8, 4) is 0 Å². The SMILES string of the molecule is Cc1cc(C=CC(=O)C(=O)O)ccc1F. The zero-order chi connectivity index (χ0) is 11.4. The molecule has 4 heteroatoms. The largest absolute Gasteiger partial charge is 0.475 e. The topological polar surface area (TPSA) is 54.4 Å². The number of aryl methyl sites for hydroxylation is 1. The molecule has 1 rings (SSSR count). The van der Waals surface area contributed by atoms with Crippen molar-refractivity contribution >= 4 is 17.8 Å². The van der Waals surface area contributed by atoms with Gasteiger partial charge in [-0.25, -0.2) is 9.18 Å². The van der Waals surface area contributed by atoms with Crippen LogP contribution in [0.2, 0.25) is 0 Å². The fourth-order valence-corrected chi connectivity index (χ4v) is 1.01. The summed E-state index contributed by atoms with van der Waals surface area (Å²) in [5.74, 6) is -2.85. The number of hydrogen-bond acceptors (Lipinski definition) is 2. The molecule has 0 spiro atoms. The van der Waals surface area contributed by atoms with E-state index >= 15 is 0 Å². The number of aliphatic carboxylic acids is 1. The van der Waals surface area contributed by atoms with E-state index in [0.717, 1.165) is 6.08 Å². The highest BCUT2D eigenvalue weighted by Gasteiger charge is 2.05. The molecule has 0 aromatic heterocycles. The second-order valence-corrected chi connectivity index (χ2v) is 3.01. The highest BCUT2D eigenvalue weighted by atomic mass is 19.1. The van der Waals surface area contributed by atoms with Crippen LogP contribution in [0.15, 0.2) is 24.3 Å². The minimum absolute atomic E-state index is 0.336. The minimum atomic E-state index is -1.51. The van der Waals surface area contributed by atoms with Crippen LogP contribution in [0.25, 0.3) is 6.08 Å². The monoisotopic (exact) mass is 208 g/mol. The maximum absolute atomic E-state index is 12.8. The average Bonchev–Trinajstić information content (AvgIpc) is 2.19. The lowest BCUT2D eigenvalue weighted by Crippen LogP contribution is -2.08. The van der Waals surface area contributed by atoms with Crippen LogP contribution in [0.1, 0.15) is 11.1 Å². The minimum Gasteiger partial charge on any atom is -0.475 e. The van der Waals surface area contributed by atoms with Crippen LogP contribution in [0.3, 0.4) is 0 Å². The quantitative estimate of drug-likeness (QED) is 0.608. The Morgan fingerprint density at radius 3 is 2.60 bits per heavy atom. The Kier molecular flexibility index (Phi) is 3.33. The lowest BCUT2D eigenvalue weighted by atomic mass is 10.1. The molecule has 0 saturated carbocycles. The van der Waals surface area contributed by atoms with Gasteiger partial charge in [-0.15, -0.1) is 0 Å². The molecule has 1 aromatic carbocycles. The zero-order valence-corrected chi connectivity index (χ0v) is 8.03. The summed E-state index contributed by atoms with van der Waals surface area (Å²) in [7, 11) is 0. The normalized spacial score (nSPS) is 10.5. The van der Waals surface area contributed by atoms with Crippen LogP contribution >= 0.6 is 0 Å². The fourth-order valence-electron chi connectivity index (χ4n) is 1.01. The molecule has 78 valence electrons. The van der Waals surface area contributed by atoms with E-state index in [4.69, 9.17) is 5.11 Å². The molecule has 0 fully saturated rings. The summed E-state index contributed by atoms with van der Waals surface area (Å²) in [5, 5.41) is 8.30. The summed E-state index contributed by atoms with van der Waals surface area (Å²) in [5.41, 5.74) is 1.03. The number of benzene rings is 1. The Labute approximate surface area is 85.8 Å². The zero-order valence-electron chi connectivity index (χ0n) is 8.03. The molecule has 0 aliphatic rings. The Bertz CT molecular complexity index is 435. The average molecular weight is 208 g/mol. The Morgan fingerprint density at radius 1 is 1.40 bits per heavy atom. The van der Waals surface area contributed by atoms with E-state index in [1.165, 1.54) is 24.3 Å². The summed E-state index contributed by atoms with van der Waals surface area (Å²) in [4.78, 5) is 20.9. The van der Waals surface area contributed by atoms with Gasteiger partial charge in [0.1, 0.15) is 5.82 Å². The number of carbonyl (C=O) groups excluding carboxylic acids is 1. The van der Waals surface area contributed by atoms with E-state index in [1.807, 2.05) is 0 Å². The van der Waals surface area contributed by atoms with Gasteiger partial charge < -0.3 is 5.11 Å². The van der Waals surface area contributed by atoms with E-state index in [-0.39, 0.29) is 5.82 Å². The van der Waals surface area contributed by atoms with Crippen LogP contribution in [-0.2, 0) is 9.59 Å². The number of carbonyl (C=O) groups is 2. The number of hydrogen-bond donors (Lipinski definition) is 1. The molecule has 1 aromatic rings. The first-order valence-corrected chi connectivity index (χ1v) is 4.22. The second-order valence-electron chi connectivity index (χ2n) is 3.01.